The van der Waals surface area contributed by atoms with Gasteiger partial charge in [-0.1, -0.05) is 17.7 Å². The number of rotatable bonds is 2. The molecule has 98 valence electrons. The van der Waals surface area contributed by atoms with Crippen molar-refractivity contribution >= 4 is 23.2 Å². The van der Waals surface area contributed by atoms with E-state index in [0.717, 1.165) is 42.5 Å². The van der Waals surface area contributed by atoms with E-state index in [2.05, 4.69) is 4.90 Å². The van der Waals surface area contributed by atoms with Gasteiger partial charge in [0.25, 0.3) is 0 Å². The van der Waals surface area contributed by atoms with Gasteiger partial charge >= 0.3 is 0 Å². The molecule has 0 atom stereocenters. The lowest BCUT2D eigenvalue weighted by Crippen LogP contribution is -2.48. The molecule has 2 N–H and O–H groups in total. The van der Waals surface area contributed by atoms with E-state index in [0.29, 0.717) is 6.54 Å². The van der Waals surface area contributed by atoms with Crippen molar-refractivity contribution in [3.8, 4) is 0 Å². The summed E-state index contributed by atoms with van der Waals surface area (Å²) in [6, 6.07) is 5.78. The molecule has 1 fully saturated rings. The van der Waals surface area contributed by atoms with Crippen LogP contribution in [0.3, 0.4) is 0 Å². The van der Waals surface area contributed by atoms with E-state index in [1.54, 1.807) is 6.92 Å². The summed E-state index contributed by atoms with van der Waals surface area (Å²) in [6.45, 7) is 5.28. The Morgan fingerprint density at radius 3 is 2.56 bits per heavy atom. The molecule has 1 amide bonds. The number of nitrogens with two attached hydrogens (primary N) is 1. The van der Waals surface area contributed by atoms with Crippen molar-refractivity contribution in [3.05, 3.63) is 28.8 Å². The van der Waals surface area contributed by atoms with Crippen LogP contribution in [-0.4, -0.2) is 37.0 Å². The molecule has 1 heterocycles. The lowest BCUT2D eigenvalue weighted by atomic mass is 10.1. The summed E-state index contributed by atoms with van der Waals surface area (Å²) in [5, 5.41) is 0.719. The highest BCUT2D eigenvalue weighted by Gasteiger charge is 2.20. The zero-order valence-electron chi connectivity index (χ0n) is 10.5. The van der Waals surface area contributed by atoms with Crippen molar-refractivity contribution < 1.29 is 4.79 Å². The average Bonchev–Trinajstić information content (AvgIpc) is 2.39. The Kier molecular flexibility index (Phi) is 4.09. The summed E-state index contributed by atoms with van der Waals surface area (Å²) in [5.74, 6) is 0.139. The van der Waals surface area contributed by atoms with Gasteiger partial charge in [-0.2, -0.15) is 0 Å². The van der Waals surface area contributed by atoms with Gasteiger partial charge in [0, 0.05) is 50.4 Å². The molecular weight excluding hydrogens is 250 g/mol. The topological polar surface area (TPSA) is 49.6 Å². The predicted molar refractivity (Wildman–Crippen MR) is 73.8 cm³/mol. The Hall–Kier alpha value is -1.26. The van der Waals surface area contributed by atoms with Crippen molar-refractivity contribution in [1.29, 1.82) is 0 Å². The number of piperazine rings is 1. The summed E-state index contributed by atoms with van der Waals surface area (Å²) in [5.41, 5.74) is 7.93. The molecule has 1 aliphatic rings. The molecule has 1 saturated heterocycles. The van der Waals surface area contributed by atoms with E-state index in [4.69, 9.17) is 17.3 Å². The summed E-state index contributed by atoms with van der Waals surface area (Å²) in [6.07, 6.45) is 0. The number of halogens is 1. The maximum Gasteiger partial charge on any atom is 0.219 e. The molecule has 5 heteroatoms. The van der Waals surface area contributed by atoms with Crippen molar-refractivity contribution in [3.63, 3.8) is 0 Å². The molecule has 4 nitrogen and oxygen atoms in total. The Labute approximate surface area is 112 Å². The van der Waals surface area contributed by atoms with Crippen molar-refractivity contribution in [1.82, 2.24) is 4.90 Å². The standard InChI is InChI=1S/C13H18ClN3O/c1-10(18)16-4-6-17(7-5-16)13-8-12(14)3-2-11(13)9-15/h2-3,8H,4-7,9,15H2,1H3. The fourth-order valence-corrected chi connectivity index (χ4v) is 2.43. The third-order valence-corrected chi connectivity index (χ3v) is 3.57. The van der Waals surface area contributed by atoms with Crippen LogP contribution in [0.5, 0.6) is 0 Å². The van der Waals surface area contributed by atoms with E-state index in [1.165, 1.54) is 0 Å². The molecule has 2 rings (SSSR count). The molecule has 1 aliphatic heterocycles. The highest BCUT2D eigenvalue weighted by Crippen LogP contribution is 2.25. The molecule has 0 aliphatic carbocycles. The normalized spacial score (nSPS) is 15.9. The SMILES string of the molecule is CC(=O)N1CCN(c2cc(Cl)ccc2CN)CC1. The van der Waals surface area contributed by atoms with Crippen LogP contribution in [0.15, 0.2) is 18.2 Å². The van der Waals surface area contributed by atoms with E-state index in [-0.39, 0.29) is 5.91 Å². The van der Waals surface area contributed by atoms with Gasteiger partial charge in [0.1, 0.15) is 0 Å². The average molecular weight is 268 g/mol. The van der Waals surface area contributed by atoms with E-state index in [1.807, 2.05) is 23.1 Å². The number of anilines is 1. The number of amides is 1. The summed E-state index contributed by atoms with van der Waals surface area (Å²) >= 11 is 6.04. The first kappa shape index (κ1) is 13.2. The van der Waals surface area contributed by atoms with E-state index < -0.39 is 0 Å². The molecule has 1 aromatic rings. The number of hydrogen-bond donors (Lipinski definition) is 1. The zero-order chi connectivity index (χ0) is 13.1. The van der Waals surface area contributed by atoms with Gasteiger partial charge < -0.3 is 15.5 Å². The zero-order valence-corrected chi connectivity index (χ0v) is 11.3. The van der Waals surface area contributed by atoms with E-state index >= 15 is 0 Å². The quantitative estimate of drug-likeness (QED) is 0.883. The largest absolute Gasteiger partial charge is 0.368 e. The molecule has 0 spiro atoms. The maximum atomic E-state index is 11.3. The lowest BCUT2D eigenvalue weighted by molar-refractivity contribution is -0.129. The minimum absolute atomic E-state index is 0.139. The maximum absolute atomic E-state index is 11.3. The highest BCUT2D eigenvalue weighted by molar-refractivity contribution is 6.30. The molecule has 0 aromatic heterocycles. The molecular formula is C13H18ClN3O. The van der Waals surface area contributed by atoms with Crippen LogP contribution in [0.4, 0.5) is 5.69 Å². The molecule has 0 unspecified atom stereocenters. The minimum Gasteiger partial charge on any atom is -0.368 e. The van der Waals surface area contributed by atoms with Crippen LogP contribution in [0.2, 0.25) is 5.02 Å². The van der Waals surface area contributed by atoms with Gasteiger partial charge in [-0.3, -0.25) is 4.79 Å². The molecule has 0 bridgehead atoms. The van der Waals surface area contributed by atoms with Crippen molar-refractivity contribution in [2.75, 3.05) is 31.1 Å². The van der Waals surface area contributed by atoms with Gasteiger partial charge in [-0.15, -0.1) is 0 Å². The van der Waals surface area contributed by atoms with Gasteiger partial charge in [0.15, 0.2) is 0 Å². The van der Waals surface area contributed by atoms with Crippen LogP contribution >= 0.6 is 11.6 Å². The van der Waals surface area contributed by atoms with Crippen LogP contribution in [0.1, 0.15) is 12.5 Å². The number of hydrogen-bond acceptors (Lipinski definition) is 3. The van der Waals surface area contributed by atoms with Gasteiger partial charge in [-0.25, -0.2) is 0 Å². The first-order valence-electron chi connectivity index (χ1n) is 6.11. The van der Waals surface area contributed by atoms with Gasteiger partial charge in [0.2, 0.25) is 5.91 Å². The smallest absolute Gasteiger partial charge is 0.219 e. The van der Waals surface area contributed by atoms with Gasteiger partial charge in [0.05, 0.1) is 0 Å². The first-order valence-corrected chi connectivity index (χ1v) is 6.48. The summed E-state index contributed by atoms with van der Waals surface area (Å²) in [7, 11) is 0. The number of carbonyl (C=O) groups excluding carboxylic acids is 1. The van der Waals surface area contributed by atoms with Crippen molar-refractivity contribution in [2.24, 2.45) is 5.73 Å². The second-order valence-corrected chi connectivity index (χ2v) is 4.91. The highest BCUT2D eigenvalue weighted by atomic mass is 35.5. The third-order valence-electron chi connectivity index (χ3n) is 3.33. The summed E-state index contributed by atoms with van der Waals surface area (Å²) < 4.78 is 0. The minimum atomic E-state index is 0.139. The van der Waals surface area contributed by atoms with Crippen LogP contribution in [-0.2, 0) is 11.3 Å². The number of nitrogens with zero attached hydrogens (tertiary/aromatic N) is 2. The summed E-state index contributed by atoms with van der Waals surface area (Å²) in [4.78, 5) is 15.4. The fourth-order valence-electron chi connectivity index (χ4n) is 2.27. The molecule has 18 heavy (non-hydrogen) atoms. The van der Waals surface area contributed by atoms with Crippen molar-refractivity contribution in [2.45, 2.75) is 13.5 Å². The second kappa shape index (κ2) is 5.59. The predicted octanol–water partition coefficient (Wildman–Crippen LogP) is 1.47. The monoisotopic (exact) mass is 267 g/mol. The van der Waals surface area contributed by atoms with Crippen LogP contribution in [0, 0.1) is 0 Å². The Balaban J connectivity index is 2.14. The Morgan fingerprint density at radius 2 is 2.00 bits per heavy atom. The second-order valence-electron chi connectivity index (χ2n) is 4.47. The fraction of sp³-hybridized carbons (Fsp3) is 0.462. The third kappa shape index (κ3) is 2.76. The van der Waals surface area contributed by atoms with E-state index in [9.17, 15) is 4.79 Å². The molecule has 1 aromatic carbocycles. The van der Waals surface area contributed by atoms with Gasteiger partial charge in [-0.05, 0) is 17.7 Å². The Bertz CT molecular complexity index is 442. The van der Waals surface area contributed by atoms with Crippen LogP contribution < -0.4 is 10.6 Å². The number of carbonyl (C=O) groups is 1. The first-order chi connectivity index (χ1) is 8.61. The lowest BCUT2D eigenvalue weighted by Gasteiger charge is -2.36. The van der Waals surface area contributed by atoms with Crippen LogP contribution in [0.25, 0.3) is 0 Å². The molecule has 0 saturated carbocycles. The Morgan fingerprint density at radius 1 is 1.33 bits per heavy atom. The number of benzene rings is 1. The molecule has 0 radical (unpaired) electrons.